The van der Waals surface area contributed by atoms with Gasteiger partial charge in [-0.15, -0.1) is 0 Å². The summed E-state index contributed by atoms with van der Waals surface area (Å²) in [6.45, 7) is 0. The molecule has 0 aliphatic carbocycles. The van der Waals surface area contributed by atoms with Gasteiger partial charge in [0.2, 0.25) is 11.8 Å². The van der Waals surface area contributed by atoms with Crippen LogP contribution in [0, 0.1) is 0 Å². The maximum Gasteiger partial charge on any atom is 0.416 e. The highest BCUT2D eigenvalue weighted by molar-refractivity contribution is 5.95. The van der Waals surface area contributed by atoms with E-state index in [0.29, 0.717) is 0 Å². The smallest absolute Gasteiger partial charge is 0.349 e. The average molecular weight is 331 g/mol. The van der Waals surface area contributed by atoms with Crippen LogP contribution in [0.5, 0.6) is 0 Å². The fourth-order valence-electron chi connectivity index (χ4n) is 1.52. The molecule has 1 aromatic carbocycles. The number of carbonyl (C=O) groups is 3. The van der Waals surface area contributed by atoms with Crippen LogP contribution in [0.25, 0.3) is 0 Å². The summed E-state index contributed by atoms with van der Waals surface area (Å²) in [5.41, 5.74) is 3.24. The Bertz CT molecular complexity index is 583. The van der Waals surface area contributed by atoms with Crippen molar-refractivity contribution in [2.75, 3.05) is 14.1 Å². The first-order valence-electron chi connectivity index (χ1n) is 6.58. The number of hydrazine groups is 1. The fourth-order valence-corrected chi connectivity index (χ4v) is 1.52. The zero-order valence-electron chi connectivity index (χ0n) is 12.5. The predicted octanol–water partition coefficient (Wildman–Crippen LogP) is 1.33. The van der Waals surface area contributed by atoms with Crippen molar-refractivity contribution < 1.29 is 27.6 Å². The van der Waals surface area contributed by atoms with Crippen LogP contribution >= 0.6 is 0 Å². The van der Waals surface area contributed by atoms with Gasteiger partial charge in [-0.2, -0.15) is 13.2 Å². The molecule has 126 valence electrons. The van der Waals surface area contributed by atoms with Crippen LogP contribution in [0.2, 0.25) is 0 Å². The molecule has 0 spiro atoms. The average Bonchev–Trinajstić information content (AvgIpc) is 2.49. The third-order valence-electron chi connectivity index (χ3n) is 2.85. The van der Waals surface area contributed by atoms with Gasteiger partial charge in [0.1, 0.15) is 0 Å². The van der Waals surface area contributed by atoms with E-state index >= 15 is 0 Å². The largest absolute Gasteiger partial charge is 0.416 e. The molecule has 1 aromatic rings. The Morgan fingerprint density at radius 1 is 1.00 bits per heavy atom. The second kappa shape index (κ2) is 7.61. The molecule has 0 saturated carbocycles. The molecule has 0 heterocycles. The summed E-state index contributed by atoms with van der Waals surface area (Å²) in [4.78, 5) is 35.7. The van der Waals surface area contributed by atoms with Gasteiger partial charge in [-0.05, 0) is 24.3 Å². The van der Waals surface area contributed by atoms with E-state index in [1.807, 2.05) is 0 Å². The van der Waals surface area contributed by atoms with Crippen molar-refractivity contribution in [3.63, 3.8) is 0 Å². The van der Waals surface area contributed by atoms with Gasteiger partial charge in [0.25, 0.3) is 5.91 Å². The molecule has 3 amide bonds. The molecule has 0 atom stereocenters. The normalized spacial score (nSPS) is 10.8. The van der Waals surface area contributed by atoms with E-state index in [1.165, 1.54) is 4.90 Å². The summed E-state index contributed by atoms with van der Waals surface area (Å²) in [7, 11) is 3.10. The molecule has 9 heteroatoms. The lowest BCUT2D eigenvalue weighted by Gasteiger charge is -2.11. The van der Waals surface area contributed by atoms with E-state index in [-0.39, 0.29) is 24.3 Å². The number of rotatable bonds is 4. The quantitative estimate of drug-likeness (QED) is 0.817. The van der Waals surface area contributed by atoms with Crippen LogP contribution in [-0.4, -0.2) is 36.7 Å². The van der Waals surface area contributed by atoms with E-state index in [2.05, 4.69) is 10.9 Å². The van der Waals surface area contributed by atoms with Crippen LogP contribution in [-0.2, 0) is 15.8 Å². The van der Waals surface area contributed by atoms with Gasteiger partial charge in [-0.1, -0.05) is 0 Å². The van der Waals surface area contributed by atoms with Gasteiger partial charge in [-0.3, -0.25) is 25.2 Å². The van der Waals surface area contributed by atoms with Crippen molar-refractivity contribution >= 4 is 17.7 Å². The third kappa shape index (κ3) is 5.97. The standard InChI is InChI=1S/C14H16F3N3O3/c1-20(2)12(22)8-7-11(21)18-19-13(23)9-3-5-10(6-4-9)14(15,16)17/h3-6H,7-8H2,1-2H3,(H,18,21)(H,19,23). The lowest BCUT2D eigenvalue weighted by Crippen LogP contribution is -2.42. The monoisotopic (exact) mass is 331 g/mol. The molecule has 0 aliphatic rings. The van der Waals surface area contributed by atoms with Gasteiger partial charge in [0.15, 0.2) is 0 Å². The maximum absolute atomic E-state index is 12.4. The zero-order chi connectivity index (χ0) is 17.6. The minimum atomic E-state index is -4.48. The first kappa shape index (κ1) is 18.5. The number of amides is 3. The lowest BCUT2D eigenvalue weighted by atomic mass is 10.1. The van der Waals surface area contributed by atoms with E-state index in [4.69, 9.17) is 0 Å². The summed E-state index contributed by atoms with van der Waals surface area (Å²) in [5.74, 6) is -1.58. The molecular weight excluding hydrogens is 315 g/mol. The molecule has 0 bridgehead atoms. The van der Waals surface area contributed by atoms with Crippen LogP contribution in [0.15, 0.2) is 24.3 Å². The minimum absolute atomic E-state index is 0.0189. The van der Waals surface area contributed by atoms with E-state index < -0.39 is 23.6 Å². The Balaban J connectivity index is 2.47. The van der Waals surface area contributed by atoms with Crippen molar-refractivity contribution in [2.24, 2.45) is 0 Å². The molecule has 1 rings (SSSR count). The Hall–Kier alpha value is -2.58. The zero-order valence-corrected chi connectivity index (χ0v) is 12.5. The second-order valence-corrected chi connectivity index (χ2v) is 4.87. The number of carbonyl (C=O) groups excluding carboxylic acids is 3. The van der Waals surface area contributed by atoms with Crippen molar-refractivity contribution in [3.05, 3.63) is 35.4 Å². The Morgan fingerprint density at radius 2 is 1.57 bits per heavy atom. The highest BCUT2D eigenvalue weighted by Crippen LogP contribution is 2.28. The number of halogens is 3. The first-order valence-corrected chi connectivity index (χ1v) is 6.58. The summed E-state index contributed by atoms with van der Waals surface area (Å²) in [6, 6.07) is 3.54. The maximum atomic E-state index is 12.4. The predicted molar refractivity (Wildman–Crippen MR) is 75.0 cm³/mol. The minimum Gasteiger partial charge on any atom is -0.349 e. The number of benzene rings is 1. The van der Waals surface area contributed by atoms with Crippen LogP contribution in [0.1, 0.15) is 28.8 Å². The van der Waals surface area contributed by atoms with Gasteiger partial charge in [-0.25, -0.2) is 0 Å². The molecule has 6 nitrogen and oxygen atoms in total. The topological polar surface area (TPSA) is 78.5 Å². The summed E-state index contributed by atoms with van der Waals surface area (Å²) in [6.07, 6.45) is -4.62. The van der Waals surface area contributed by atoms with Crippen LogP contribution in [0.4, 0.5) is 13.2 Å². The summed E-state index contributed by atoms with van der Waals surface area (Å²) < 4.78 is 37.2. The van der Waals surface area contributed by atoms with Crippen molar-refractivity contribution in [3.8, 4) is 0 Å². The molecule has 0 unspecified atom stereocenters. The number of nitrogens with one attached hydrogen (secondary N) is 2. The van der Waals surface area contributed by atoms with Crippen molar-refractivity contribution in [1.29, 1.82) is 0 Å². The van der Waals surface area contributed by atoms with Gasteiger partial charge < -0.3 is 4.90 Å². The number of hydrogen-bond donors (Lipinski definition) is 2. The fraction of sp³-hybridized carbons (Fsp3) is 0.357. The Morgan fingerprint density at radius 3 is 2.04 bits per heavy atom. The Kier molecular flexibility index (Phi) is 6.11. The molecule has 2 N–H and O–H groups in total. The molecule has 0 aliphatic heterocycles. The number of hydrogen-bond acceptors (Lipinski definition) is 3. The van der Waals surface area contributed by atoms with E-state index in [0.717, 1.165) is 24.3 Å². The van der Waals surface area contributed by atoms with Gasteiger partial charge >= 0.3 is 6.18 Å². The third-order valence-corrected chi connectivity index (χ3v) is 2.85. The number of nitrogens with zero attached hydrogens (tertiary/aromatic N) is 1. The van der Waals surface area contributed by atoms with Crippen molar-refractivity contribution in [2.45, 2.75) is 19.0 Å². The molecular formula is C14H16F3N3O3. The summed E-state index contributed by atoms with van der Waals surface area (Å²) in [5, 5.41) is 0. The number of alkyl halides is 3. The molecule has 0 radical (unpaired) electrons. The van der Waals surface area contributed by atoms with Crippen LogP contribution in [0.3, 0.4) is 0 Å². The van der Waals surface area contributed by atoms with E-state index in [1.54, 1.807) is 14.1 Å². The van der Waals surface area contributed by atoms with Crippen molar-refractivity contribution in [1.82, 2.24) is 15.8 Å². The summed E-state index contributed by atoms with van der Waals surface area (Å²) >= 11 is 0. The van der Waals surface area contributed by atoms with Gasteiger partial charge in [0.05, 0.1) is 5.56 Å². The van der Waals surface area contributed by atoms with E-state index in [9.17, 15) is 27.6 Å². The molecule has 0 fully saturated rings. The molecule has 23 heavy (non-hydrogen) atoms. The second-order valence-electron chi connectivity index (χ2n) is 4.87. The highest BCUT2D eigenvalue weighted by Gasteiger charge is 2.30. The van der Waals surface area contributed by atoms with Gasteiger partial charge in [0, 0.05) is 32.5 Å². The SMILES string of the molecule is CN(C)C(=O)CCC(=O)NNC(=O)c1ccc(C(F)(F)F)cc1. The Labute approximate surface area is 130 Å². The molecule has 0 aromatic heterocycles. The molecule has 0 saturated heterocycles. The highest BCUT2D eigenvalue weighted by atomic mass is 19.4. The lowest BCUT2D eigenvalue weighted by molar-refractivity contribution is -0.137. The first-order chi connectivity index (χ1) is 10.6. The van der Waals surface area contributed by atoms with Crippen LogP contribution < -0.4 is 10.9 Å².